The molecule has 2 N–H and O–H groups in total. The molecule has 4 heteroatoms. The van der Waals surface area contributed by atoms with E-state index in [1.165, 1.54) is 13.8 Å². The Morgan fingerprint density at radius 3 is 1.45 bits per heavy atom. The first-order valence-corrected chi connectivity index (χ1v) is 3.62. The van der Waals surface area contributed by atoms with Gasteiger partial charge in [0.2, 0.25) is 11.8 Å². The van der Waals surface area contributed by atoms with Crippen LogP contribution in [0.15, 0.2) is 0 Å². The highest BCUT2D eigenvalue weighted by Gasteiger charge is 1.89. The van der Waals surface area contributed by atoms with Gasteiger partial charge in [0.05, 0.1) is 6.67 Å². The van der Waals surface area contributed by atoms with Gasteiger partial charge in [-0.1, -0.05) is 13.8 Å². The Hall–Kier alpha value is -1.06. The minimum Gasteiger partial charge on any atom is -0.339 e. The van der Waals surface area contributed by atoms with Crippen molar-refractivity contribution < 1.29 is 9.59 Å². The molecule has 0 aromatic carbocycles. The highest BCUT2D eigenvalue weighted by atomic mass is 16.2. The minimum atomic E-state index is -0.149. The number of amides is 2. The lowest BCUT2D eigenvalue weighted by molar-refractivity contribution is -0.120. The summed E-state index contributed by atoms with van der Waals surface area (Å²) in [7, 11) is 0. The highest BCUT2D eigenvalue weighted by molar-refractivity contribution is 5.75. The SMILES string of the molecule is CC.CC(=O)NCNC(C)=O. The van der Waals surface area contributed by atoms with E-state index in [-0.39, 0.29) is 18.5 Å². The monoisotopic (exact) mass is 160 g/mol. The molecule has 0 aromatic heterocycles. The standard InChI is InChI=1S/C5H10N2O2.C2H6/c1-4(8)6-3-7-5(2)9;1-2/h3H2,1-2H3,(H,6,8)(H,7,9);1-2H3. The maximum absolute atomic E-state index is 10.2. The molecule has 0 unspecified atom stereocenters. The molecule has 2 amide bonds. The molecule has 11 heavy (non-hydrogen) atoms. The Labute approximate surface area is 67.4 Å². The summed E-state index contributed by atoms with van der Waals surface area (Å²) in [6, 6.07) is 0. The number of nitrogens with one attached hydrogen (secondary N) is 2. The molecule has 0 spiro atoms. The van der Waals surface area contributed by atoms with Crippen molar-refractivity contribution in [1.82, 2.24) is 10.6 Å². The van der Waals surface area contributed by atoms with Crippen LogP contribution >= 0.6 is 0 Å². The summed E-state index contributed by atoms with van der Waals surface area (Å²) in [6.07, 6.45) is 0. The van der Waals surface area contributed by atoms with Crippen molar-refractivity contribution in [1.29, 1.82) is 0 Å². The van der Waals surface area contributed by atoms with Crippen molar-refractivity contribution in [2.75, 3.05) is 6.67 Å². The Kier molecular flexibility index (Phi) is 10.2. The van der Waals surface area contributed by atoms with Gasteiger partial charge in [0.1, 0.15) is 0 Å². The maximum Gasteiger partial charge on any atom is 0.218 e. The second-order valence-electron chi connectivity index (χ2n) is 1.64. The van der Waals surface area contributed by atoms with Crippen LogP contribution in [-0.2, 0) is 9.59 Å². The summed E-state index contributed by atoms with van der Waals surface area (Å²) >= 11 is 0. The van der Waals surface area contributed by atoms with E-state index in [2.05, 4.69) is 10.6 Å². The first kappa shape index (κ1) is 12.6. The maximum atomic E-state index is 10.2. The van der Waals surface area contributed by atoms with Gasteiger partial charge in [0, 0.05) is 13.8 Å². The van der Waals surface area contributed by atoms with Crippen molar-refractivity contribution in [2.45, 2.75) is 27.7 Å². The van der Waals surface area contributed by atoms with E-state index in [4.69, 9.17) is 0 Å². The number of carbonyl (C=O) groups excluding carboxylic acids is 2. The molecule has 0 saturated carbocycles. The first-order chi connectivity index (χ1) is 5.13. The molecule has 66 valence electrons. The third-order valence-corrected chi connectivity index (χ3v) is 0.675. The molecule has 0 radical (unpaired) electrons. The lowest BCUT2D eigenvalue weighted by Gasteiger charge is -2.00. The average molecular weight is 160 g/mol. The molecule has 0 aromatic rings. The summed E-state index contributed by atoms with van der Waals surface area (Å²) in [5.74, 6) is -0.299. The fourth-order valence-electron chi connectivity index (χ4n) is 0.293. The lowest BCUT2D eigenvalue weighted by Crippen LogP contribution is -2.34. The van der Waals surface area contributed by atoms with Gasteiger partial charge >= 0.3 is 0 Å². The van der Waals surface area contributed by atoms with Crippen LogP contribution in [0, 0.1) is 0 Å². The first-order valence-electron chi connectivity index (χ1n) is 3.62. The second-order valence-corrected chi connectivity index (χ2v) is 1.64. The molecular weight excluding hydrogens is 144 g/mol. The van der Waals surface area contributed by atoms with E-state index in [9.17, 15) is 9.59 Å². The molecule has 0 fully saturated rings. The van der Waals surface area contributed by atoms with Crippen LogP contribution in [-0.4, -0.2) is 18.5 Å². The van der Waals surface area contributed by atoms with Crippen LogP contribution in [0.4, 0.5) is 0 Å². The smallest absolute Gasteiger partial charge is 0.218 e. The van der Waals surface area contributed by atoms with E-state index in [1.807, 2.05) is 13.8 Å². The summed E-state index contributed by atoms with van der Waals surface area (Å²) in [4.78, 5) is 20.3. The topological polar surface area (TPSA) is 58.2 Å². The molecular formula is C7H16N2O2. The highest BCUT2D eigenvalue weighted by Crippen LogP contribution is 1.58. The molecule has 4 nitrogen and oxygen atoms in total. The van der Waals surface area contributed by atoms with Gasteiger partial charge in [-0.2, -0.15) is 0 Å². The summed E-state index contributed by atoms with van der Waals surface area (Å²) in [5, 5.41) is 4.81. The minimum absolute atomic E-state index is 0.149. The van der Waals surface area contributed by atoms with Crippen LogP contribution in [0.1, 0.15) is 27.7 Å². The van der Waals surface area contributed by atoms with Crippen LogP contribution < -0.4 is 10.6 Å². The number of carbonyl (C=O) groups is 2. The van der Waals surface area contributed by atoms with Crippen molar-refractivity contribution >= 4 is 11.8 Å². The molecule has 0 aliphatic carbocycles. The Morgan fingerprint density at radius 1 is 1.00 bits per heavy atom. The van der Waals surface area contributed by atoms with Gasteiger partial charge in [-0.3, -0.25) is 9.59 Å². The third kappa shape index (κ3) is 17.6. The van der Waals surface area contributed by atoms with E-state index < -0.39 is 0 Å². The Balaban J connectivity index is 0. The van der Waals surface area contributed by atoms with Crippen LogP contribution in [0.25, 0.3) is 0 Å². The predicted molar refractivity (Wildman–Crippen MR) is 43.8 cm³/mol. The number of hydrogen-bond acceptors (Lipinski definition) is 2. The Bertz CT molecular complexity index is 110. The van der Waals surface area contributed by atoms with E-state index in [1.54, 1.807) is 0 Å². The molecule has 0 atom stereocenters. The summed E-state index contributed by atoms with van der Waals surface area (Å²) in [6.45, 7) is 6.99. The normalized spacial score (nSPS) is 7.27. The zero-order chi connectivity index (χ0) is 9.28. The molecule has 0 heterocycles. The van der Waals surface area contributed by atoms with E-state index in [0.29, 0.717) is 0 Å². The predicted octanol–water partition coefficient (Wildman–Crippen LogP) is 0.242. The Morgan fingerprint density at radius 2 is 1.27 bits per heavy atom. The lowest BCUT2D eigenvalue weighted by atomic mass is 10.7. The van der Waals surface area contributed by atoms with Crippen molar-refractivity contribution in [3.8, 4) is 0 Å². The zero-order valence-electron chi connectivity index (χ0n) is 7.52. The summed E-state index contributed by atoms with van der Waals surface area (Å²) in [5.41, 5.74) is 0. The van der Waals surface area contributed by atoms with Gasteiger partial charge < -0.3 is 10.6 Å². The van der Waals surface area contributed by atoms with Crippen molar-refractivity contribution in [3.63, 3.8) is 0 Å². The summed E-state index contributed by atoms with van der Waals surface area (Å²) < 4.78 is 0. The van der Waals surface area contributed by atoms with Crippen LogP contribution in [0.3, 0.4) is 0 Å². The van der Waals surface area contributed by atoms with Gasteiger partial charge in [0.25, 0.3) is 0 Å². The fourth-order valence-corrected chi connectivity index (χ4v) is 0.293. The average Bonchev–Trinajstić information content (AvgIpc) is 1.90. The van der Waals surface area contributed by atoms with Gasteiger partial charge in [0.15, 0.2) is 0 Å². The quantitative estimate of drug-likeness (QED) is 0.568. The molecule has 0 aliphatic rings. The largest absolute Gasteiger partial charge is 0.339 e. The molecule has 0 rings (SSSR count). The number of rotatable bonds is 2. The van der Waals surface area contributed by atoms with Gasteiger partial charge in [-0.25, -0.2) is 0 Å². The fraction of sp³-hybridized carbons (Fsp3) is 0.714. The van der Waals surface area contributed by atoms with Crippen molar-refractivity contribution in [3.05, 3.63) is 0 Å². The van der Waals surface area contributed by atoms with Gasteiger partial charge in [-0.15, -0.1) is 0 Å². The molecule has 0 bridgehead atoms. The zero-order valence-corrected chi connectivity index (χ0v) is 7.52. The second kappa shape index (κ2) is 8.94. The van der Waals surface area contributed by atoms with Crippen LogP contribution in [0.5, 0.6) is 0 Å². The number of hydrogen-bond donors (Lipinski definition) is 2. The molecule has 0 aliphatic heterocycles. The van der Waals surface area contributed by atoms with Crippen LogP contribution in [0.2, 0.25) is 0 Å². The molecule has 0 saturated heterocycles. The van der Waals surface area contributed by atoms with E-state index >= 15 is 0 Å². The third-order valence-electron chi connectivity index (χ3n) is 0.675. The van der Waals surface area contributed by atoms with Crippen molar-refractivity contribution in [2.24, 2.45) is 0 Å². The van der Waals surface area contributed by atoms with E-state index in [0.717, 1.165) is 0 Å². The van der Waals surface area contributed by atoms with Gasteiger partial charge in [-0.05, 0) is 0 Å².